The molecule has 8 nitrogen and oxygen atoms in total. The minimum Gasteiger partial charge on any atom is -0.379 e. The van der Waals surface area contributed by atoms with Gasteiger partial charge in [0.1, 0.15) is 23.5 Å². The smallest absolute Gasteiger partial charge is 0.251 e. The first-order valence-corrected chi connectivity index (χ1v) is 11.7. The van der Waals surface area contributed by atoms with E-state index in [-0.39, 0.29) is 5.92 Å². The van der Waals surface area contributed by atoms with Crippen LogP contribution in [0.3, 0.4) is 0 Å². The summed E-state index contributed by atoms with van der Waals surface area (Å²) < 4.78 is 19.4. The molecular weight excluding hydrogens is 435 g/mol. The molecule has 34 heavy (non-hydrogen) atoms. The van der Waals surface area contributed by atoms with Crippen LogP contribution in [0, 0.1) is 0 Å². The van der Waals surface area contributed by atoms with E-state index in [0.717, 1.165) is 38.4 Å². The third-order valence-electron chi connectivity index (χ3n) is 6.84. The molecule has 3 heterocycles. The molecule has 5 rings (SSSR count). The number of carbonyl (C=O) groups excluding carboxylic acids is 1. The summed E-state index contributed by atoms with van der Waals surface area (Å²) in [6, 6.07) is 9.30. The molecule has 3 aromatic rings. The number of ether oxygens (including phenoxy) is 1. The monoisotopic (exact) mass is 464 g/mol. The number of nitrogens with zero attached hydrogens (tertiary/aromatic N) is 4. The fourth-order valence-corrected chi connectivity index (χ4v) is 4.91. The number of carbonyl (C=O) groups is 1. The number of pyridine rings is 1. The van der Waals surface area contributed by atoms with Crippen molar-refractivity contribution in [2.24, 2.45) is 11.5 Å². The third kappa shape index (κ3) is 4.64. The van der Waals surface area contributed by atoms with Gasteiger partial charge in [0.15, 0.2) is 0 Å². The Bertz CT molecular complexity index is 1180. The zero-order valence-electron chi connectivity index (χ0n) is 19.0. The predicted octanol–water partition coefficient (Wildman–Crippen LogP) is 2.56. The molecule has 0 radical (unpaired) electrons. The van der Waals surface area contributed by atoms with Crippen molar-refractivity contribution in [3.63, 3.8) is 0 Å². The van der Waals surface area contributed by atoms with E-state index in [1.807, 2.05) is 12.1 Å². The van der Waals surface area contributed by atoms with Crippen LogP contribution in [0.2, 0.25) is 0 Å². The Balaban J connectivity index is 1.50. The van der Waals surface area contributed by atoms with Crippen molar-refractivity contribution < 1.29 is 13.9 Å². The van der Waals surface area contributed by atoms with E-state index in [1.165, 1.54) is 11.9 Å². The van der Waals surface area contributed by atoms with Gasteiger partial charge in [-0.25, -0.2) is 19.3 Å². The molecule has 1 unspecified atom stereocenters. The van der Waals surface area contributed by atoms with Gasteiger partial charge in [0.2, 0.25) is 0 Å². The maximum Gasteiger partial charge on any atom is 0.251 e. The van der Waals surface area contributed by atoms with Crippen molar-refractivity contribution in [1.82, 2.24) is 19.9 Å². The fraction of sp³-hybridized carbons (Fsp3) is 0.440. The Morgan fingerprint density at radius 2 is 1.88 bits per heavy atom. The number of hydrogen-bond acceptors (Lipinski definition) is 7. The van der Waals surface area contributed by atoms with Crippen LogP contribution >= 0.6 is 0 Å². The van der Waals surface area contributed by atoms with Crippen molar-refractivity contribution in [3.8, 4) is 11.3 Å². The highest BCUT2D eigenvalue weighted by Gasteiger charge is 2.31. The number of halogens is 1. The molecule has 0 spiro atoms. The number of nitrogens with two attached hydrogens (primary N) is 2. The van der Waals surface area contributed by atoms with Crippen LogP contribution in [0.15, 0.2) is 36.7 Å². The minimum absolute atomic E-state index is 0.0492. The number of aromatic nitrogens is 3. The highest BCUT2D eigenvalue weighted by atomic mass is 19.1. The van der Waals surface area contributed by atoms with Gasteiger partial charge in [0, 0.05) is 37.2 Å². The molecule has 1 saturated carbocycles. The Labute approximate surface area is 197 Å². The molecule has 1 amide bonds. The molecule has 1 aromatic carbocycles. The summed E-state index contributed by atoms with van der Waals surface area (Å²) in [5.74, 6) is -0.627. The molecule has 2 aromatic heterocycles. The highest BCUT2D eigenvalue weighted by Crippen LogP contribution is 2.36. The summed E-state index contributed by atoms with van der Waals surface area (Å²) in [6.45, 7) is 4.23. The van der Waals surface area contributed by atoms with Crippen LogP contribution in [-0.4, -0.2) is 64.3 Å². The molecule has 1 aliphatic carbocycles. The van der Waals surface area contributed by atoms with Gasteiger partial charge in [-0.2, -0.15) is 0 Å². The molecule has 9 heteroatoms. The van der Waals surface area contributed by atoms with E-state index in [2.05, 4.69) is 27.0 Å². The minimum atomic E-state index is -1.01. The third-order valence-corrected chi connectivity index (χ3v) is 6.84. The number of primary amides is 1. The molecule has 2 aliphatic rings. The largest absolute Gasteiger partial charge is 0.379 e. The Morgan fingerprint density at radius 1 is 1.12 bits per heavy atom. The molecule has 1 aliphatic heterocycles. The lowest BCUT2D eigenvalue weighted by molar-refractivity contribution is 0.0342. The number of alkyl halides is 1. The zero-order chi connectivity index (χ0) is 23.7. The maximum atomic E-state index is 14.0. The van der Waals surface area contributed by atoms with Gasteiger partial charge < -0.3 is 16.2 Å². The molecular formula is C25H29FN6O2. The Kier molecular flexibility index (Phi) is 6.49. The van der Waals surface area contributed by atoms with Crippen molar-refractivity contribution in [2.45, 2.75) is 43.9 Å². The average molecular weight is 465 g/mol. The van der Waals surface area contributed by atoms with Crippen LogP contribution in [0.1, 0.15) is 46.8 Å². The lowest BCUT2D eigenvalue weighted by Gasteiger charge is -2.29. The van der Waals surface area contributed by atoms with Gasteiger partial charge in [-0.1, -0.05) is 24.3 Å². The van der Waals surface area contributed by atoms with Crippen LogP contribution < -0.4 is 11.5 Å². The highest BCUT2D eigenvalue weighted by molar-refractivity contribution is 6.05. The maximum absolute atomic E-state index is 14.0. The number of hydrogen-bond donors (Lipinski definition) is 2. The molecule has 0 bridgehead atoms. The fourth-order valence-electron chi connectivity index (χ4n) is 4.91. The molecule has 2 fully saturated rings. The van der Waals surface area contributed by atoms with Crippen LogP contribution in [0.4, 0.5) is 4.39 Å². The second-order valence-electron chi connectivity index (χ2n) is 9.15. The number of morpholine rings is 1. The summed E-state index contributed by atoms with van der Waals surface area (Å²) in [4.78, 5) is 28.3. The van der Waals surface area contributed by atoms with Crippen LogP contribution in [0.5, 0.6) is 0 Å². The molecule has 1 saturated heterocycles. The van der Waals surface area contributed by atoms with Gasteiger partial charge in [-0.05, 0) is 30.9 Å². The summed E-state index contributed by atoms with van der Waals surface area (Å²) in [7, 11) is 0. The topological polar surface area (TPSA) is 120 Å². The second-order valence-corrected chi connectivity index (χ2v) is 9.15. The first-order valence-electron chi connectivity index (χ1n) is 11.7. The molecule has 3 atom stereocenters. The molecule has 4 N–H and O–H groups in total. The normalized spacial score (nSPS) is 23.8. The van der Waals surface area contributed by atoms with E-state index >= 15 is 0 Å². The number of rotatable bonds is 5. The van der Waals surface area contributed by atoms with Gasteiger partial charge in [-0.3, -0.25) is 9.69 Å². The van der Waals surface area contributed by atoms with Crippen LogP contribution in [-0.2, 0) is 11.3 Å². The second kappa shape index (κ2) is 9.69. The van der Waals surface area contributed by atoms with Crippen molar-refractivity contribution in [1.29, 1.82) is 0 Å². The quantitative estimate of drug-likeness (QED) is 0.595. The van der Waals surface area contributed by atoms with E-state index in [1.54, 1.807) is 6.07 Å². The van der Waals surface area contributed by atoms with Gasteiger partial charge in [-0.15, -0.1) is 0 Å². The lowest BCUT2D eigenvalue weighted by atomic mass is 9.82. The van der Waals surface area contributed by atoms with Gasteiger partial charge in [0.05, 0.1) is 30.2 Å². The summed E-state index contributed by atoms with van der Waals surface area (Å²) >= 11 is 0. The lowest BCUT2D eigenvalue weighted by Crippen LogP contribution is -2.37. The van der Waals surface area contributed by atoms with Crippen LogP contribution in [0.25, 0.3) is 22.3 Å². The van der Waals surface area contributed by atoms with E-state index in [4.69, 9.17) is 21.2 Å². The average Bonchev–Trinajstić information content (AvgIpc) is 2.86. The van der Waals surface area contributed by atoms with Gasteiger partial charge in [0.25, 0.3) is 5.91 Å². The Hall–Kier alpha value is -3.01. The van der Waals surface area contributed by atoms with Crippen molar-refractivity contribution in [3.05, 3.63) is 53.5 Å². The van der Waals surface area contributed by atoms with E-state index in [9.17, 15) is 9.18 Å². The summed E-state index contributed by atoms with van der Waals surface area (Å²) in [6.07, 6.45) is 1.88. The first kappa shape index (κ1) is 22.8. The zero-order valence-corrected chi connectivity index (χ0v) is 19.0. The number of fused-ring (bicyclic) bond motifs is 1. The first-order chi connectivity index (χ1) is 16.5. The van der Waals surface area contributed by atoms with Crippen molar-refractivity contribution >= 4 is 16.9 Å². The standard InChI is InChI=1S/C25H29FN6O2/c26-19-6-5-17(11-20(19)27)22-24-23(30-14-29-22)18(25(28)33)12-21(31-24)16-3-1-15(2-4-16)13-32-7-9-34-10-8-32/h1-4,12,14,17,19-20H,5-11,13,27H2,(H2,28,33)/t17?,19-,20-/m0/s1. The Morgan fingerprint density at radius 3 is 2.59 bits per heavy atom. The number of benzene rings is 1. The van der Waals surface area contributed by atoms with E-state index in [0.29, 0.717) is 47.2 Å². The molecule has 178 valence electrons. The van der Waals surface area contributed by atoms with E-state index < -0.39 is 18.1 Å². The predicted molar refractivity (Wildman–Crippen MR) is 127 cm³/mol. The summed E-state index contributed by atoms with van der Waals surface area (Å²) in [5.41, 5.74) is 16.3. The summed E-state index contributed by atoms with van der Waals surface area (Å²) in [5, 5.41) is 0. The number of amides is 1. The van der Waals surface area contributed by atoms with Crippen molar-refractivity contribution in [2.75, 3.05) is 26.3 Å². The SMILES string of the molecule is NC(=O)c1cc(-c2ccc(CN3CCOCC3)cc2)nc2c(C3CC[C@H](F)[C@@H](N)C3)ncnc12. The van der Waals surface area contributed by atoms with Gasteiger partial charge >= 0.3 is 0 Å².